The van der Waals surface area contributed by atoms with Gasteiger partial charge < -0.3 is 19.9 Å². The molecule has 0 radical (unpaired) electrons. The lowest BCUT2D eigenvalue weighted by Crippen LogP contribution is -1.99. The molecular formula is C22H21N3O3. The van der Waals surface area contributed by atoms with Gasteiger partial charge in [0.05, 0.1) is 23.1 Å². The van der Waals surface area contributed by atoms with Gasteiger partial charge >= 0.3 is 0 Å². The van der Waals surface area contributed by atoms with Crippen LogP contribution in [0.1, 0.15) is 31.2 Å². The summed E-state index contributed by atoms with van der Waals surface area (Å²) in [7, 11) is 0. The standard InChI is InChI=1S/C22H21N3O3/c1-2-24-9-8-14-17(24)4-3-5-18(14)25-19(12-23-22(25)28)16-10-15(13-6-7-13)20(26)11-21(16)27/h3-5,8-13,26-27H,2,6-7H2,1H3,(H,23,28). The van der Waals surface area contributed by atoms with Gasteiger partial charge in [-0.25, -0.2) is 4.98 Å². The maximum Gasteiger partial charge on any atom is 0.299 e. The molecular weight excluding hydrogens is 354 g/mol. The number of phenolic OH excluding ortho intramolecular Hbond substituents is 2. The zero-order chi connectivity index (χ0) is 19.4. The molecule has 28 heavy (non-hydrogen) atoms. The number of aryl methyl sites for hydroxylation is 1. The second-order valence-corrected chi connectivity index (χ2v) is 7.29. The van der Waals surface area contributed by atoms with E-state index in [-0.39, 0.29) is 17.5 Å². The lowest BCUT2D eigenvalue weighted by Gasteiger charge is -2.14. The van der Waals surface area contributed by atoms with Gasteiger partial charge in [0, 0.05) is 29.8 Å². The normalized spacial score (nSPS) is 14.0. The van der Waals surface area contributed by atoms with Crippen molar-refractivity contribution in [2.45, 2.75) is 32.2 Å². The van der Waals surface area contributed by atoms with Crippen LogP contribution >= 0.6 is 0 Å². The number of fused-ring (bicyclic) bond motifs is 1. The van der Waals surface area contributed by atoms with Gasteiger partial charge in [0.25, 0.3) is 6.01 Å². The van der Waals surface area contributed by atoms with Gasteiger partial charge in [-0.3, -0.25) is 4.57 Å². The number of benzene rings is 2. The molecule has 1 fully saturated rings. The van der Waals surface area contributed by atoms with E-state index in [2.05, 4.69) is 16.5 Å². The fraction of sp³-hybridized carbons (Fsp3) is 0.227. The summed E-state index contributed by atoms with van der Waals surface area (Å²) < 4.78 is 3.78. The van der Waals surface area contributed by atoms with Gasteiger partial charge in [-0.1, -0.05) is 6.07 Å². The molecule has 6 nitrogen and oxygen atoms in total. The van der Waals surface area contributed by atoms with Crippen molar-refractivity contribution < 1.29 is 15.3 Å². The van der Waals surface area contributed by atoms with E-state index in [1.165, 1.54) is 6.07 Å². The van der Waals surface area contributed by atoms with Crippen molar-refractivity contribution in [3.05, 3.63) is 54.4 Å². The molecule has 1 saturated carbocycles. The summed E-state index contributed by atoms with van der Waals surface area (Å²) in [4.78, 5) is 4.09. The first-order chi connectivity index (χ1) is 13.6. The highest BCUT2D eigenvalue weighted by Gasteiger charge is 2.28. The Morgan fingerprint density at radius 3 is 2.64 bits per heavy atom. The number of hydrogen-bond donors (Lipinski definition) is 3. The maximum absolute atomic E-state index is 10.5. The topological polar surface area (TPSA) is 83.4 Å². The number of nitrogens with zero attached hydrogens (tertiary/aromatic N) is 3. The van der Waals surface area contributed by atoms with E-state index >= 15 is 0 Å². The molecule has 5 rings (SSSR count). The zero-order valence-electron chi connectivity index (χ0n) is 15.5. The molecule has 2 aromatic carbocycles. The van der Waals surface area contributed by atoms with Gasteiger partial charge in [0.15, 0.2) is 0 Å². The highest BCUT2D eigenvalue weighted by molar-refractivity contribution is 5.90. The molecule has 0 amide bonds. The predicted molar refractivity (Wildman–Crippen MR) is 107 cm³/mol. The molecule has 2 heterocycles. The summed E-state index contributed by atoms with van der Waals surface area (Å²) in [6.45, 7) is 2.93. The van der Waals surface area contributed by atoms with Gasteiger partial charge in [-0.2, -0.15) is 0 Å². The largest absolute Gasteiger partial charge is 0.508 e. The lowest BCUT2D eigenvalue weighted by atomic mass is 10.0. The molecule has 0 spiro atoms. The van der Waals surface area contributed by atoms with Crippen LogP contribution in [-0.4, -0.2) is 29.4 Å². The number of phenols is 2. The van der Waals surface area contributed by atoms with Crippen LogP contribution in [0.25, 0.3) is 27.8 Å². The Labute approximate surface area is 161 Å². The molecule has 1 aliphatic carbocycles. The third kappa shape index (κ3) is 2.45. The van der Waals surface area contributed by atoms with Crippen molar-refractivity contribution in [3.63, 3.8) is 0 Å². The minimum atomic E-state index is -0.146. The lowest BCUT2D eigenvalue weighted by molar-refractivity contribution is 0.423. The smallest absolute Gasteiger partial charge is 0.299 e. The van der Waals surface area contributed by atoms with Crippen molar-refractivity contribution in [1.29, 1.82) is 0 Å². The molecule has 6 heteroatoms. The van der Waals surface area contributed by atoms with Crippen LogP contribution in [0.15, 0.2) is 48.8 Å². The van der Waals surface area contributed by atoms with Gasteiger partial charge in [0.2, 0.25) is 0 Å². The van der Waals surface area contributed by atoms with E-state index in [0.717, 1.165) is 41.5 Å². The average molecular weight is 375 g/mol. The highest BCUT2D eigenvalue weighted by atomic mass is 16.3. The van der Waals surface area contributed by atoms with Gasteiger partial charge in [0.1, 0.15) is 11.5 Å². The van der Waals surface area contributed by atoms with Crippen molar-refractivity contribution in [1.82, 2.24) is 14.1 Å². The number of aromatic nitrogens is 3. The van der Waals surface area contributed by atoms with Crippen LogP contribution in [0.5, 0.6) is 17.5 Å². The summed E-state index contributed by atoms with van der Waals surface area (Å²) in [5.74, 6) is 0.397. The summed E-state index contributed by atoms with van der Waals surface area (Å²) in [5, 5.41) is 32.2. The molecule has 3 N–H and O–H groups in total. The first-order valence-electron chi connectivity index (χ1n) is 9.49. The van der Waals surface area contributed by atoms with Crippen molar-refractivity contribution in [2.75, 3.05) is 0 Å². The quantitative estimate of drug-likeness (QED) is 0.490. The summed E-state index contributed by atoms with van der Waals surface area (Å²) in [6.07, 6.45) is 5.64. The number of aromatic hydroxyl groups is 3. The minimum absolute atomic E-state index is 0.0404. The fourth-order valence-electron chi connectivity index (χ4n) is 3.97. The first-order valence-corrected chi connectivity index (χ1v) is 9.49. The van der Waals surface area contributed by atoms with Crippen LogP contribution in [0.3, 0.4) is 0 Å². The Morgan fingerprint density at radius 1 is 1.07 bits per heavy atom. The number of hydrogen-bond acceptors (Lipinski definition) is 4. The Kier molecular flexibility index (Phi) is 3.62. The predicted octanol–water partition coefficient (Wildman–Crippen LogP) is 4.51. The average Bonchev–Trinajstić information content (AvgIpc) is 3.32. The monoisotopic (exact) mass is 375 g/mol. The Hall–Kier alpha value is -3.41. The van der Waals surface area contributed by atoms with Gasteiger partial charge in [-0.15, -0.1) is 0 Å². The van der Waals surface area contributed by atoms with E-state index in [0.29, 0.717) is 17.2 Å². The van der Waals surface area contributed by atoms with Crippen LogP contribution in [0.4, 0.5) is 0 Å². The van der Waals surface area contributed by atoms with Crippen LogP contribution in [-0.2, 0) is 6.54 Å². The fourth-order valence-corrected chi connectivity index (χ4v) is 3.97. The summed E-state index contributed by atoms with van der Waals surface area (Å²) in [5.41, 5.74) is 3.80. The molecule has 2 aromatic heterocycles. The van der Waals surface area contributed by atoms with E-state index in [9.17, 15) is 15.3 Å². The molecule has 0 saturated heterocycles. The number of imidazole rings is 1. The summed E-state index contributed by atoms with van der Waals surface area (Å²) in [6, 6.07) is 11.0. The Morgan fingerprint density at radius 2 is 1.89 bits per heavy atom. The first kappa shape index (κ1) is 16.7. The number of rotatable bonds is 4. The molecule has 1 aliphatic rings. The van der Waals surface area contributed by atoms with E-state index in [1.54, 1.807) is 10.8 Å². The Bertz CT molecular complexity index is 1200. The van der Waals surface area contributed by atoms with E-state index in [1.807, 2.05) is 36.5 Å². The molecule has 0 aliphatic heterocycles. The minimum Gasteiger partial charge on any atom is -0.508 e. The van der Waals surface area contributed by atoms with Crippen molar-refractivity contribution in [3.8, 4) is 34.5 Å². The highest BCUT2D eigenvalue weighted by Crippen LogP contribution is 2.48. The second kappa shape index (κ2) is 6.05. The Balaban J connectivity index is 1.74. The maximum atomic E-state index is 10.5. The van der Waals surface area contributed by atoms with Crippen molar-refractivity contribution >= 4 is 10.9 Å². The SMILES string of the molecule is CCn1ccc2c(-n3c(-c4cc(C5CC5)c(O)cc4O)cnc3O)cccc21. The second-order valence-electron chi connectivity index (χ2n) is 7.29. The third-order valence-corrected chi connectivity index (χ3v) is 5.55. The molecule has 0 atom stereocenters. The summed E-state index contributed by atoms with van der Waals surface area (Å²) >= 11 is 0. The van der Waals surface area contributed by atoms with Gasteiger partial charge in [-0.05, 0) is 55.5 Å². The molecule has 0 unspecified atom stereocenters. The van der Waals surface area contributed by atoms with Crippen molar-refractivity contribution in [2.24, 2.45) is 0 Å². The van der Waals surface area contributed by atoms with Crippen LogP contribution < -0.4 is 0 Å². The molecule has 4 aromatic rings. The van der Waals surface area contributed by atoms with E-state index in [4.69, 9.17) is 0 Å². The third-order valence-electron chi connectivity index (χ3n) is 5.55. The van der Waals surface area contributed by atoms with Crippen LogP contribution in [0.2, 0.25) is 0 Å². The molecule has 0 bridgehead atoms. The molecule has 142 valence electrons. The zero-order valence-corrected chi connectivity index (χ0v) is 15.5. The van der Waals surface area contributed by atoms with E-state index < -0.39 is 0 Å². The van der Waals surface area contributed by atoms with Crippen LogP contribution in [0, 0.1) is 0 Å².